The number of para-hydroxylation sites is 1. The highest BCUT2D eigenvalue weighted by Crippen LogP contribution is 2.47. The number of ether oxygens (including phenoxy) is 1. The van der Waals surface area contributed by atoms with Crippen LogP contribution in [0, 0.1) is 5.92 Å². The van der Waals surface area contributed by atoms with Crippen LogP contribution in [0.4, 0.5) is 5.69 Å². The monoisotopic (exact) mass is 509 g/mol. The van der Waals surface area contributed by atoms with Gasteiger partial charge in [-0.2, -0.15) is 0 Å². The number of Topliss-reactive ketones (excluding diaryl/α,β-unsaturated/α-hetero) is 1. The van der Waals surface area contributed by atoms with Crippen LogP contribution in [0.1, 0.15) is 31.0 Å². The number of benzene rings is 2. The third kappa shape index (κ3) is 2.52. The van der Waals surface area contributed by atoms with Gasteiger partial charge in [0.15, 0.2) is 4.80 Å². The Hall–Kier alpha value is -3.04. The van der Waals surface area contributed by atoms with Gasteiger partial charge in [-0.25, -0.2) is 4.99 Å². The number of rotatable bonds is 1. The van der Waals surface area contributed by atoms with Gasteiger partial charge in [0.1, 0.15) is 22.0 Å². The van der Waals surface area contributed by atoms with Crippen molar-refractivity contribution in [2.75, 3.05) is 5.32 Å². The van der Waals surface area contributed by atoms with Gasteiger partial charge in [0.05, 0.1) is 11.6 Å². The van der Waals surface area contributed by atoms with Crippen LogP contribution in [-0.4, -0.2) is 22.0 Å². The Morgan fingerprint density at radius 2 is 2.03 bits per heavy atom. The number of nitrogens with zero attached hydrogens (tertiary/aromatic N) is 2. The number of halogens is 1. The van der Waals surface area contributed by atoms with E-state index in [-0.39, 0.29) is 17.2 Å². The van der Waals surface area contributed by atoms with Gasteiger partial charge >= 0.3 is 0 Å². The van der Waals surface area contributed by atoms with Gasteiger partial charge < -0.3 is 10.1 Å². The maximum Gasteiger partial charge on any atom is 0.271 e. The third-order valence-electron chi connectivity index (χ3n) is 6.25. The predicted molar refractivity (Wildman–Crippen MR) is 122 cm³/mol. The summed E-state index contributed by atoms with van der Waals surface area (Å²) in [6.45, 7) is 3.27. The molecule has 0 spiro atoms. The van der Waals surface area contributed by atoms with Gasteiger partial charge in [0.2, 0.25) is 5.72 Å². The number of amides is 1. The van der Waals surface area contributed by atoms with E-state index in [1.165, 1.54) is 6.92 Å². The normalized spacial score (nSPS) is 26.3. The van der Waals surface area contributed by atoms with E-state index in [1.54, 1.807) is 17.6 Å². The van der Waals surface area contributed by atoms with Gasteiger partial charge in [-0.1, -0.05) is 45.5 Å². The first-order valence-electron chi connectivity index (χ1n) is 10.0. The predicted octanol–water partition coefficient (Wildman–Crippen LogP) is 2.36. The number of aromatic nitrogens is 1. The smallest absolute Gasteiger partial charge is 0.271 e. The number of nitrogens with one attached hydrogen (secondary N) is 1. The van der Waals surface area contributed by atoms with E-state index >= 15 is 0 Å². The minimum atomic E-state index is -1.14. The number of hydrogen-bond donors (Lipinski definition) is 1. The lowest BCUT2D eigenvalue weighted by molar-refractivity contribution is -0.132. The Morgan fingerprint density at radius 3 is 2.81 bits per heavy atom. The molecular weight excluding hydrogens is 494 g/mol. The maximum absolute atomic E-state index is 13.8. The molecule has 2 aromatic carbocycles. The summed E-state index contributed by atoms with van der Waals surface area (Å²) < 4.78 is 8.87. The number of carbonyl (C=O) groups excluding carboxylic acids is 2. The molecule has 0 fully saturated rings. The average Bonchev–Trinajstić information content (AvgIpc) is 3.21. The van der Waals surface area contributed by atoms with Crippen molar-refractivity contribution in [1.29, 1.82) is 0 Å². The van der Waals surface area contributed by atoms with E-state index in [9.17, 15) is 14.4 Å². The molecule has 3 aliphatic rings. The molecule has 2 bridgehead atoms. The number of thiazole rings is 1. The Morgan fingerprint density at radius 1 is 1.25 bits per heavy atom. The molecule has 32 heavy (non-hydrogen) atoms. The van der Waals surface area contributed by atoms with Crippen LogP contribution in [-0.2, 0) is 9.59 Å². The minimum absolute atomic E-state index is 0.110. The van der Waals surface area contributed by atoms with Gasteiger partial charge in [0.25, 0.3) is 11.5 Å². The van der Waals surface area contributed by atoms with Crippen molar-refractivity contribution in [1.82, 2.24) is 4.57 Å². The van der Waals surface area contributed by atoms with Crippen LogP contribution >= 0.6 is 27.3 Å². The molecule has 0 radical (unpaired) electrons. The summed E-state index contributed by atoms with van der Waals surface area (Å²) in [5.74, 6) is -0.495. The fraction of sp³-hybridized carbons (Fsp3) is 0.217. The molecule has 3 aromatic rings. The van der Waals surface area contributed by atoms with Crippen LogP contribution < -0.4 is 24.9 Å². The molecule has 9 heteroatoms. The van der Waals surface area contributed by atoms with Crippen molar-refractivity contribution in [2.45, 2.75) is 25.6 Å². The molecule has 1 aromatic heterocycles. The summed E-state index contributed by atoms with van der Waals surface area (Å²) in [5.41, 5.74) is 0.930. The molecule has 4 heterocycles. The van der Waals surface area contributed by atoms with Gasteiger partial charge in [-0.15, -0.1) is 0 Å². The Balaban J connectivity index is 1.72. The van der Waals surface area contributed by atoms with Crippen LogP contribution in [0.3, 0.4) is 0 Å². The Bertz CT molecular complexity index is 1560. The zero-order valence-corrected chi connectivity index (χ0v) is 19.4. The molecule has 160 valence electrons. The second-order valence-electron chi connectivity index (χ2n) is 8.25. The van der Waals surface area contributed by atoms with Crippen molar-refractivity contribution in [3.05, 3.63) is 77.8 Å². The lowest BCUT2D eigenvalue weighted by Crippen LogP contribution is -2.58. The van der Waals surface area contributed by atoms with Crippen molar-refractivity contribution < 1.29 is 14.3 Å². The first-order chi connectivity index (χ1) is 15.3. The van der Waals surface area contributed by atoms with E-state index in [2.05, 4.69) is 21.2 Å². The van der Waals surface area contributed by atoms with Gasteiger partial charge in [-0.3, -0.25) is 19.0 Å². The Labute approximate surface area is 194 Å². The van der Waals surface area contributed by atoms with E-state index in [0.717, 1.165) is 21.4 Å². The van der Waals surface area contributed by atoms with Crippen LogP contribution in [0.15, 0.2) is 56.7 Å². The Kier molecular flexibility index (Phi) is 3.98. The molecule has 1 amide bonds. The van der Waals surface area contributed by atoms with Crippen LogP contribution in [0.2, 0.25) is 0 Å². The number of hydrogen-bond acceptors (Lipinski definition) is 6. The molecule has 7 nitrogen and oxygen atoms in total. The lowest BCUT2D eigenvalue weighted by atomic mass is 9.79. The molecular formula is C23H16BrN3O4S. The summed E-state index contributed by atoms with van der Waals surface area (Å²) in [6.07, 6.45) is 0. The topological polar surface area (TPSA) is 89.8 Å². The molecule has 3 atom stereocenters. The number of fused-ring (bicyclic) bond motifs is 7. The standard InChI is InChI=1S/C23H16BrN3O4S/c1-10(28)17-18-12-5-3-4-6-15(12)31-23(17,2)26-22-27(18)21(30)19(32-22)16-13-9-11(24)7-8-14(13)25-20(16)29/h3-9,17-18H,1-2H3,(H,25,29)/b19-16+/t17-,18-,23-/m1/s1. The highest BCUT2D eigenvalue weighted by molar-refractivity contribution is 9.10. The molecule has 3 aliphatic heterocycles. The third-order valence-corrected chi connectivity index (χ3v) is 7.79. The number of anilines is 1. The van der Waals surface area contributed by atoms with Gasteiger partial charge in [0, 0.05) is 21.3 Å². The van der Waals surface area contributed by atoms with Crippen molar-refractivity contribution in [3.63, 3.8) is 0 Å². The zero-order chi connectivity index (χ0) is 22.4. The number of ketones is 1. The summed E-state index contributed by atoms with van der Waals surface area (Å²) in [4.78, 5) is 44.5. The summed E-state index contributed by atoms with van der Waals surface area (Å²) in [7, 11) is 0. The number of carbonyl (C=O) groups is 2. The maximum atomic E-state index is 13.8. The molecule has 0 saturated carbocycles. The lowest BCUT2D eigenvalue weighted by Gasteiger charge is -2.45. The zero-order valence-electron chi connectivity index (χ0n) is 17.0. The van der Waals surface area contributed by atoms with E-state index < -0.39 is 17.7 Å². The highest BCUT2D eigenvalue weighted by atomic mass is 79.9. The second kappa shape index (κ2) is 6.49. The quantitative estimate of drug-likeness (QED) is 0.545. The second-order valence-corrected chi connectivity index (χ2v) is 10.1. The van der Waals surface area contributed by atoms with Crippen LogP contribution in [0.5, 0.6) is 5.75 Å². The van der Waals surface area contributed by atoms with E-state index in [4.69, 9.17) is 9.73 Å². The van der Waals surface area contributed by atoms with Crippen molar-refractivity contribution >= 4 is 50.2 Å². The largest absolute Gasteiger partial charge is 0.465 e. The first kappa shape index (κ1) is 19.6. The fourth-order valence-electron chi connectivity index (χ4n) is 4.97. The van der Waals surface area contributed by atoms with Crippen molar-refractivity contribution in [2.24, 2.45) is 10.9 Å². The van der Waals surface area contributed by atoms with E-state index in [1.807, 2.05) is 36.4 Å². The van der Waals surface area contributed by atoms with Crippen molar-refractivity contribution in [3.8, 4) is 5.75 Å². The molecule has 1 N–H and O–H groups in total. The molecule has 0 unspecified atom stereocenters. The van der Waals surface area contributed by atoms with Crippen LogP contribution in [0.25, 0.3) is 5.57 Å². The molecule has 6 rings (SSSR count). The molecule has 0 aliphatic carbocycles. The fourth-order valence-corrected chi connectivity index (χ4v) is 6.53. The van der Waals surface area contributed by atoms with E-state index in [0.29, 0.717) is 31.9 Å². The summed E-state index contributed by atoms with van der Waals surface area (Å²) in [5, 5.41) is 2.83. The first-order valence-corrected chi connectivity index (χ1v) is 11.6. The summed E-state index contributed by atoms with van der Waals surface area (Å²) in [6, 6.07) is 12.3. The summed E-state index contributed by atoms with van der Waals surface area (Å²) >= 11 is 4.60. The highest BCUT2D eigenvalue weighted by Gasteiger charge is 2.53. The average molecular weight is 510 g/mol. The molecule has 0 saturated heterocycles. The SMILES string of the molecule is CC(=O)[C@@H]1[C@H]2c3ccccc3O[C@@]1(C)N=c1s/c(=C3/C(=O)Nc4ccc(Br)cc43)c(=O)n12. The van der Waals surface area contributed by atoms with Gasteiger partial charge in [-0.05, 0) is 38.1 Å². The minimum Gasteiger partial charge on any atom is -0.465 e.